The van der Waals surface area contributed by atoms with Crippen LogP contribution in [0.3, 0.4) is 0 Å². The van der Waals surface area contributed by atoms with E-state index in [9.17, 15) is 25.2 Å². The minimum Gasteiger partial charge on any atom is -0.446 e. The number of nitrogens with one attached hydrogen (secondary N) is 1. The van der Waals surface area contributed by atoms with E-state index in [1.165, 1.54) is 70.3 Å². The Bertz CT molecular complexity index is 1070. The fourth-order valence-corrected chi connectivity index (χ4v) is 10.2. The van der Waals surface area contributed by atoms with Crippen molar-refractivity contribution in [1.29, 1.82) is 0 Å². The molecule has 0 bridgehead atoms. The van der Waals surface area contributed by atoms with E-state index in [2.05, 4.69) is 46.0 Å². The van der Waals surface area contributed by atoms with Crippen molar-refractivity contribution >= 4 is 6.09 Å². The molecule has 4 rings (SSSR count). The number of carbonyl (C=O) groups is 1. The average molecular weight is 708 g/mol. The molecule has 4 aliphatic rings. The third-order valence-corrected chi connectivity index (χ3v) is 13.3. The molecule has 5 N–H and O–H groups in total. The maximum Gasteiger partial charge on any atom is 0.407 e. The molecule has 2 saturated carbocycles. The summed E-state index contributed by atoms with van der Waals surface area (Å²) in [4.78, 5) is 12.7. The van der Waals surface area contributed by atoms with Gasteiger partial charge in [-0.15, -0.1) is 0 Å². The predicted molar refractivity (Wildman–Crippen MR) is 196 cm³/mol. The minimum atomic E-state index is -1.47. The van der Waals surface area contributed by atoms with Crippen molar-refractivity contribution in [3.63, 3.8) is 0 Å². The Morgan fingerprint density at radius 3 is 2.48 bits per heavy atom. The minimum absolute atomic E-state index is 0.0824. The van der Waals surface area contributed by atoms with Crippen LogP contribution >= 0.6 is 0 Å². The number of amides is 1. The van der Waals surface area contributed by atoms with Crippen molar-refractivity contribution in [1.82, 2.24) is 5.32 Å². The molecular weight excluding hydrogens is 634 g/mol. The van der Waals surface area contributed by atoms with E-state index >= 15 is 0 Å². The van der Waals surface area contributed by atoms with Crippen LogP contribution < -0.4 is 5.32 Å². The second kappa shape index (κ2) is 19.2. The Kier molecular flexibility index (Phi) is 15.9. The first-order valence-corrected chi connectivity index (χ1v) is 20.3. The van der Waals surface area contributed by atoms with Crippen molar-refractivity contribution in [2.24, 2.45) is 40.9 Å². The number of aliphatic hydroxyl groups excluding tert-OH is 4. The summed E-state index contributed by atoms with van der Waals surface area (Å²) in [6, 6.07) is 0. The summed E-state index contributed by atoms with van der Waals surface area (Å²) in [5.74, 6) is 4.93. The van der Waals surface area contributed by atoms with Gasteiger partial charge in [-0.05, 0) is 113 Å². The van der Waals surface area contributed by atoms with Gasteiger partial charge in [-0.1, -0.05) is 77.9 Å². The van der Waals surface area contributed by atoms with Crippen LogP contribution in [0.4, 0.5) is 4.79 Å². The zero-order chi connectivity index (χ0) is 36.5. The number of hydrogen-bond acceptors (Lipinski definition) is 8. The summed E-state index contributed by atoms with van der Waals surface area (Å²) in [6.45, 7) is 13.9. The molecule has 0 aromatic rings. The lowest BCUT2D eigenvalue weighted by molar-refractivity contribution is -0.333. The molecule has 3 aliphatic carbocycles. The molecule has 0 aromatic heterocycles. The van der Waals surface area contributed by atoms with Gasteiger partial charge in [0, 0.05) is 19.6 Å². The molecule has 0 spiro atoms. The number of carbonyl (C=O) groups excluding carboxylic acids is 1. The van der Waals surface area contributed by atoms with Crippen molar-refractivity contribution in [3.05, 3.63) is 11.6 Å². The number of hydrogen-bond donors (Lipinski definition) is 5. The molecular formula is C41H73NO8. The second-order valence-corrected chi connectivity index (χ2v) is 17.6. The van der Waals surface area contributed by atoms with Crippen LogP contribution in [0.5, 0.6) is 0 Å². The molecule has 50 heavy (non-hydrogen) atoms. The maximum atomic E-state index is 12.7. The van der Waals surface area contributed by atoms with Crippen molar-refractivity contribution in [3.8, 4) is 0 Å². The van der Waals surface area contributed by atoms with Gasteiger partial charge in [0.15, 0.2) is 6.29 Å². The zero-order valence-corrected chi connectivity index (χ0v) is 32.3. The third-order valence-electron chi connectivity index (χ3n) is 13.3. The lowest BCUT2D eigenvalue weighted by Gasteiger charge is -2.50. The van der Waals surface area contributed by atoms with E-state index in [0.717, 1.165) is 74.0 Å². The summed E-state index contributed by atoms with van der Waals surface area (Å²) >= 11 is 0. The Morgan fingerprint density at radius 1 is 0.980 bits per heavy atom. The second-order valence-electron chi connectivity index (χ2n) is 17.6. The first-order chi connectivity index (χ1) is 23.8. The molecule has 1 amide bonds. The third kappa shape index (κ3) is 10.7. The maximum absolute atomic E-state index is 12.7. The van der Waals surface area contributed by atoms with Gasteiger partial charge in [-0.3, -0.25) is 0 Å². The Balaban J connectivity index is 1.15. The summed E-state index contributed by atoms with van der Waals surface area (Å²) in [5.41, 5.74) is 0.445. The number of rotatable bonds is 15. The quantitative estimate of drug-likeness (QED) is 0.0885. The summed E-state index contributed by atoms with van der Waals surface area (Å²) in [5, 5.41) is 42.9. The molecule has 12 atom stereocenters. The van der Waals surface area contributed by atoms with Gasteiger partial charge in [0.2, 0.25) is 0 Å². The van der Waals surface area contributed by atoms with Crippen LogP contribution in [0.1, 0.15) is 144 Å². The van der Waals surface area contributed by atoms with E-state index in [-0.39, 0.29) is 12.2 Å². The normalized spacial score (nSPS) is 39.6. The van der Waals surface area contributed by atoms with Gasteiger partial charge < -0.3 is 40.0 Å². The van der Waals surface area contributed by atoms with Crippen LogP contribution in [-0.2, 0) is 14.2 Å². The first kappa shape index (κ1) is 41.5. The van der Waals surface area contributed by atoms with Crippen LogP contribution in [0, 0.1) is 40.9 Å². The highest BCUT2D eigenvalue weighted by Crippen LogP contribution is 2.62. The van der Waals surface area contributed by atoms with E-state index in [0.29, 0.717) is 25.0 Å². The van der Waals surface area contributed by atoms with Crippen LogP contribution in [0.2, 0.25) is 0 Å². The lowest BCUT2D eigenvalue weighted by Crippen LogP contribution is -2.65. The molecule has 9 heteroatoms. The molecule has 1 heterocycles. The SMILES string of the molecule is C/C1=C\CC2C(CCCC(OC(=O)NCCCCCCO[C@H]3OC(C)(CO)[C@@H](O)C(O)C3O)C1)CC[C@]1(C)C(C(C)CCCC(C)C)CCC21. The van der Waals surface area contributed by atoms with Crippen LogP contribution in [-0.4, -0.2) is 82.6 Å². The Labute approximate surface area is 303 Å². The monoisotopic (exact) mass is 708 g/mol. The molecule has 0 radical (unpaired) electrons. The Morgan fingerprint density at radius 2 is 1.74 bits per heavy atom. The topological polar surface area (TPSA) is 138 Å². The number of aliphatic hydroxyl groups is 4. The average Bonchev–Trinajstić information content (AvgIpc) is 3.43. The van der Waals surface area contributed by atoms with Crippen molar-refractivity contribution in [2.75, 3.05) is 19.8 Å². The molecule has 290 valence electrons. The smallest absolute Gasteiger partial charge is 0.407 e. The van der Waals surface area contributed by atoms with Gasteiger partial charge in [0.25, 0.3) is 0 Å². The molecule has 9 unspecified atom stereocenters. The summed E-state index contributed by atoms with van der Waals surface area (Å²) in [7, 11) is 0. The summed E-state index contributed by atoms with van der Waals surface area (Å²) in [6.07, 6.45) is 14.9. The van der Waals surface area contributed by atoms with E-state index < -0.39 is 36.8 Å². The number of fused-ring (bicyclic) bond motifs is 3. The zero-order valence-electron chi connectivity index (χ0n) is 32.3. The fraction of sp³-hybridized carbons (Fsp3) is 0.927. The van der Waals surface area contributed by atoms with Crippen LogP contribution in [0.25, 0.3) is 0 Å². The largest absolute Gasteiger partial charge is 0.446 e. The fourth-order valence-electron chi connectivity index (χ4n) is 10.2. The standard InChI is InChI=1S/C41H73NO8/c1-27(2)13-11-14-29(4)33-19-20-34-32-18-17-28(3)25-31(16-12-15-30(32)21-22-40(33,34)5)49-39(47)42-23-9-7-8-10-24-48-38-36(45)35(44)37(46)41(6,26-43)50-38/h17,27,29-38,43-46H,7-16,18-26H2,1-6H3,(H,42,47)/b28-17+/t29?,30?,31?,32?,33?,34?,35?,36?,37-,38-,40+,41?/m0/s1. The van der Waals surface area contributed by atoms with Gasteiger partial charge >= 0.3 is 6.09 Å². The van der Waals surface area contributed by atoms with E-state index in [4.69, 9.17) is 14.2 Å². The molecule has 1 aliphatic heterocycles. The molecule has 1 saturated heterocycles. The van der Waals surface area contributed by atoms with Crippen LogP contribution in [0.15, 0.2) is 11.6 Å². The highest BCUT2D eigenvalue weighted by Gasteiger charge is 2.54. The number of allylic oxidation sites excluding steroid dienone is 1. The number of ether oxygens (including phenoxy) is 3. The van der Waals surface area contributed by atoms with Gasteiger partial charge in [-0.2, -0.15) is 0 Å². The molecule has 9 nitrogen and oxygen atoms in total. The number of unbranched alkanes of at least 4 members (excludes halogenated alkanes) is 3. The lowest BCUT2D eigenvalue weighted by atomic mass is 9.55. The number of alkyl carbamates (subject to hydrolysis) is 1. The summed E-state index contributed by atoms with van der Waals surface area (Å²) < 4.78 is 17.1. The highest BCUT2D eigenvalue weighted by molar-refractivity contribution is 5.67. The molecule has 0 aromatic carbocycles. The highest BCUT2D eigenvalue weighted by atomic mass is 16.7. The van der Waals surface area contributed by atoms with Crippen molar-refractivity contribution < 1.29 is 39.4 Å². The first-order valence-electron chi connectivity index (χ1n) is 20.3. The van der Waals surface area contributed by atoms with Gasteiger partial charge in [0.05, 0.1) is 6.61 Å². The van der Waals surface area contributed by atoms with Crippen molar-refractivity contribution in [2.45, 2.75) is 181 Å². The van der Waals surface area contributed by atoms with E-state index in [1.807, 2.05) is 0 Å². The van der Waals surface area contributed by atoms with Gasteiger partial charge in [-0.25, -0.2) is 4.79 Å². The predicted octanol–water partition coefficient (Wildman–Crippen LogP) is 7.28. The van der Waals surface area contributed by atoms with E-state index in [1.54, 1.807) is 0 Å². The Hall–Kier alpha value is -1.23. The van der Waals surface area contributed by atoms with Gasteiger partial charge in [0.1, 0.15) is 30.0 Å². The molecule has 3 fully saturated rings.